The summed E-state index contributed by atoms with van der Waals surface area (Å²) in [7, 11) is -20.9. The summed E-state index contributed by atoms with van der Waals surface area (Å²) in [6.07, 6.45) is 0. The molecule has 0 unspecified atom stereocenters. The monoisotopic (exact) mass is 1160 g/mol. The third-order valence-electron chi connectivity index (χ3n) is 11.2. The summed E-state index contributed by atoms with van der Waals surface area (Å²) in [4.78, 5) is 3.11. The van der Waals surface area contributed by atoms with Gasteiger partial charge in [-0.2, -0.15) is 0 Å². The van der Waals surface area contributed by atoms with Gasteiger partial charge >= 0.3 is 402 Å². The first-order valence-corrected chi connectivity index (χ1v) is 30.9. The van der Waals surface area contributed by atoms with E-state index in [4.69, 9.17) is 10.1 Å². The van der Waals surface area contributed by atoms with Crippen LogP contribution in [0.1, 0.15) is 22.3 Å². The summed E-state index contributed by atoms with van der Waals surface area (Å²) in [5, 5.41) is 0. The van der Waals surface area contributed by atoms with Crippen molar-refractivity contribution in [2.24, 2.45) is 0 Å². The molecule has 8 rings (SSSR count). The Kier molecular flexibility index (Phi) is 15.6. The van der Waals surface area contributed by atoms with Gasteiger partial charge in [0.05, 0.1) is 0 Å². The summed E-state index contributed by atoms with van der Waals surface area (Å²) in [5.41, 5.74) is 5.77. The summed E-state index contributed by atoms with van der Waals surface area (Å²) < 4.78 is 129. The zero-order chi connectivity index (χ0) is 50.1. The first-order valence-electron chi connectivity index (χ1n) is 21.0. The Morgan fingerprint density at radius 3 is 0.786 bits per heavy atom. The van der Waals surface area contributed by atoms with E-state index in [1.807, 2.05) is 76.2 Å². The molecule has 0 aromatic heterocycles. The summed E-state index contributed by atoms with van der Waals surface area (Å²) >= 11 is -3.42. The van der Waals surface area contributed by atoms with Gasteiger partial charge in [0.2, 0.25) is 0 Å². The van der Waals surface area contributed by atoms with E-state index in [2.05, 4.69) is 0 Å². The van der Waals surface area contributed by atoms with E-state index >= 15 is 0 Å². The van der Waals surface area contributed by atoms with Crippen molar-refractivity contribution < 1.29 is 82.8 Å². The van der Waals surface area contributed by atoms with Crippen molar-refractivity contribution in [1.82, 2.24) is 0 Å². The van der Waals surface area contributed by atoms with Crippen molar-refractivity contribution in [3.8, 4) is 22.3 Å². The van der Waals surface area contributed by atoms with Gasteiger partial charge in [0.1, 0.15) is 0 Å². The van der Waals surface area contributed by atoms with Crippen LogP contribution in [0.15, 0.2) is 223 Å². The summed E-state index contributed by atoms with van der Waals surface area (Å²) in [5.74, 6) is 0. The molecule has 0 spiro atoms. The van der Waals surface area contributed by atoms with Crippen molar-refractivity contribution in [1.29, 1.82) is 0 Å². The van der Waals surface area contributed by atoms with Gasteiger partial charge in [-0.15, -0.1) is 0 Å². The Morgan fingerprint density at radius 1 is 0.314 bits per heavy atom. The van der Waals surface area contributed by atoms with E-state index in [0.717, 1.165) is 22.3 Å². The molecule has 18 heteroatoms. The molecule has 0 amide bonds. The van der Waals surface area contributed by atoms with Crippen LogP contribution in [0.2, 0.25) is 0 Å². The van der Waals surface area contributed by atoms with Crippen LogP contribution in [-0.4, -0.2) is 0 Å². The zero-order valence-electron chi connectivity index (χ0n) is 37.7. The SMILES string of the molecule is Cc1ccccc1S(O[Cl+3]([O-])([O-])[O-])(c1ccc(-c2ccc(I(O[Cl+3]([O-])([O-])[O-])c3ccc(-c4ccc(S(O[Cl+3]([O-])([O-])[O-])(c5ccccc5C)c5ccccc5C)cc4)cc3)cc2)cc1)c1ccccc1C. The molecule has 12 nitrogen and oxygen atoms in total. The van der Waals surface area contributed by atoms with Crippen LogP contribution in [0.3, 0.4) is 0 Å². The van der Waals surface area contributed by atoms with Crippen molar-refractivity contribution in [3.63, 3.8) is 0 Å². The maximum absolute atomic E-state index is 12.5. The predicted octanol–water partition coefficient (Wildman–Crippen LogP) is 4.85. The van der Waals surface area contributed by atoms with Crippen LogP contribution in [0.5, 0.6) is 0 Å². The van der Waals surface area contributed by atoms with E-state index in [1.54, 1.807) is 146 Å². The number of rotatable bonds is 16. The Bertz CT molecular complexity index is 2800. The van der Waals surface area contributed by atoms with Gasteiger partial charge in [-0.3, -0.25) is 0 Å². The number of hydrogen-bond acceptors (Lipinski definition) is 12. The minimum absolute atomic E-state index is 0.464. The Labute approximate surface area is 423 Å². The molecule has 0 radical (unpaired) electrons. The van der Waals surface area contributed by atoms with Crippen molar-refractivity contribution in [2.75, 3.05) is 0 Å². The fraction of sp³-hybridized carbons (Fsp3) is 0.0769. The summed E-state index contributed by atoms with van der Waals surface area (Å²) in [6, 6.07) is 56.6. The van der Waals surface area contributed by atoms with E-state index < -0.39 is 71.6 Å². The van der Waals surface area contributed by atoms with Crippen LogP contribution in [0, 0.1) is 65.6 Å². The second-order valence-electron chi connectivity index (χ2n) is 15.8. The van der Waals surface area contributed by atoms with Gasteiger partial charge in [-0.1, -0.05) is 24.3 Å². The van der Waals surface area contributed by atoms with Gasteiger partial charge in [0, 0.05) is 0 Å². The molecule has 0 N–H and O–H groups in total. The predicted molar refractivity (Wildman–Crippen MR) is 248 cm³/mol. The average molecular weight is 1160 g/mol. The second kappa shape index (κ2) is 21.0. The molecule has 70 heavy (non-hydrogen) atoms. The molecule has 0 bridgehead atoms. The first-order chi connectivity index (χ1) is 33.2. The number of benzene rings is 8. The molecular weight excluding hydrogens is 1110 g/mol. The van der Waals surface area contributed by atoms with Crippen molar-refractivity contribution in [2.45, 2.75) is 57.1 Å². The molecular formula is C52H44Cl3IO12S2. The van der Waals surface area contributed by atoms with E-state index in [1.165, 1.54) is 0 Å². The van der Waals surface area contributed by atoms with E-state index in [-0.39, 0.29) is 0 Å². The minimum atomic E-state index is -4.90. The van der Waals surface area contributed by atoms with Gasteiger partial charge < -0.3 is 0 Å². The number of hydrogen-bond donors (Lipinski definition) is 0. The maximum atomic E-state index is 12.5. The average Bonchev–Trinajstić information content (AvgIpc) is 3.32. The standard InChI is InChI=1S/C52H44Cl3IO12S2/c1-37-13-5-9-17-49(37)69(67-54(60,61)62,50-18-10-6-14-38(50)2)47-33-25-43(26-34-47)41-21-29-45(30-22-41)56(66-53(57,58)59)46-31-23-42(24-32-46)44-27-35-48(36-28-44)70(68-55(63,64)65,51-19-11-7-15-39(51)3)52-20-12-8-16-40(52)4/h5-36H,1-4H3. The summed E-state index contributed by atoms with van der Waals surface area (Å²) in [6.45, 7) is 7.31. The molecule has 364 valence electrons. The topological polar surface area (TPSA) is 235 Å². The van der Waals surface area contributed by atoms with Crippen LogP contribution in [-0.2, 0) is 10.1 Å². The molecule has 0 saturated heterocycles. The van der Waals surface area contributed by atoms with E-state index in [0.29, 0.717) is 58.8 Å². The molecule has 0 aliphatic heterocycles. The van der Waals surface area contributed by atoms with E-state index in [9.17, 15) is 41.9 Å². The van der Waals surface area contributed by atoms with Crippen LogP contribution in [0.25, 0.3) is 22.3 Å². The molecule has 0 saturated carbocycles. The normalized spacial score (nSPS) is 13.2. The Balaban J connectivity index is 1.10. The van der Waals surface area contributed by atoms with Gasteiger partial charge in [-0.25, -0.2) is 0 Å². The third kappa shape index (κ3) is 11.3. The fourth-order valence-corrected chi connectivity index (χ4v) is 22.8. The Hall–Kier alpha value is -4.42. The quantitative estimate of drug-likeness (QED) is 0.118. The molecule has 0 heterocycles. The van der Waals surface area contributed by atoms with Gasteiger partial charge in [0.25, 0.3) is 0 Å². The van der Waals surface area contributed by atoms with Crippen molar-refractivity contribution >= 4 is 40.9 Å². The van der Waals surface area contributed by atoms with Gasteiger partial charge in [0.15, 0.2) is 0 Å². The molecule has 8 aromatic carbocycles. The van der Waals surface area contributed by atoms with Crippen LogP contribution in [0.4, 0.5) is 0 Å². The van der Waals surface area contributed by atoms with Crippen LogP contribution < -0.4 is 41.9 Å². The molecule has 0 aliphatic carbocycles. The van der Waals surface area contributed by atoms with Crippen LogP contribution >= 0.6 is 40.9 Å². The first kappa shape index (κ1) is 51.9. The fourth-order valence-electron chi connectivity index (χ4n) is 8.16. The Morgan fingerprint density at radius 2 is 0.557 bits per heavy atom. The number of aryl methyl sites for hydroxylation is 4. The third-order valence-corrected chi connectivity index (χ3v) is 26.3. The second-order valence-corrected chi connectivity index (χ2v) is 29.0. The zero-order valence-corrected chi connectivity index (χ0v) is 43.8. The molecule has 0 aliphatic rings. The van der Waals surface area contributed by atoms with Crippen molar-refractivity contribution in [3.05, 3.63) is 224 Å². The molecule has 0 fully saturated rings. The molecule has 8 aromatic rings. The number of halogens is 4. The van der Waals surface area contributed by atoms with Gasteiger partial charge in [-0.05, 0) is 0 Å². The molecule has 0 atom stereocenters.